The van der Waals surface area contributed by atoms with Gasteiger partial charge in [0.05, 0.1) is 18.1 Å². The van der Waals surface area contributed by atoms with Crippen molar-refractivity contribution in [3.8, 4) is 0 Å². The molecule has 3 rings (SSSR count). The number of carbonyl (C=O) groups excluding carboxylic acids is 1. The van der Waals surface area contributed by atoms with Gasteiger partial charge in [0.1, 0.15) is 0 Å². The van der Waals surface area contributed by atoms with Crippen molar-refractivity contribution in [2.75, 3.05) is 26.2 Å². The van der Waals surface area contributed by atoms with E-state index in [-0.39, 0.29) is 11.3 Å². The monoisotopic (exact) mass is 280 g/mol. The first-order chi connectivity index (χ1) is 9.11. The van der Waals surface area contributed by atoms with E-state index in [0.29, 0.717) is 13.2 Å². The SMILES string of the molecule is CC1(CN)CCN(C(=O)c2cc3c(s2)CCOC3)C1. The van der Waals surface area contributed by atoms with Crippen LogP contribution in [0, 0.1) is 5.41 Å². The van der Waals surface area contributed by atoms with E-state index in [4.69, 9.17) is 10.5 Å². The summed E-state index contributed by atoms with van der Waals surface area (Å²) in [5.74, 6) is 0.163. The van der Waals surface area contributed by atoms with Crippen molar-refractivity contribution in [1.82, 2.24) is 4.90 Å². The van der Waals surface area contributed by atoms with Crippen LogP contribution in [0.4, 0.5) is 0 Å². The lowest BCUT2D eigenvalue weighted by Crippen LogP contribution is -2.34. The Kier molecular flexibility index (Phi) is 3.37. The maximum Gasteiger partial charge on any atom is 0.263 e. The van der Waals surface area contributed by atoms with Crippen LogP contribution in [-0.2, 0) is 17.8 Å². The Morgan fingerprint density at radius 1 is 1.63 bits per heavy atom. The fraction of sp³-hybridized carbons (Fsp3) is 0.643. The van der Waals surface area contributed by atoms with E-state index in [2.05, 4.69) is 6.92 Å². The smallest absolute Gasteiger partial charge is 0.263 e. The highest BCUT2D eigenvalue weighted by atomic mass is 32.1. The van der Waals surface area contributed by atoms with Crippen LogP contribution in [0.5, 0.6) is 0 Å². The topological polar surface area (TPSA) is 55.6 Å². The minimum Gasteiger partial charge on any atom is -0.376 e. The molecule has 2 aliphatic heterocycles. The Morgan fingerprint density at radius 2 is 2.47 bits per heavy atom. The molecule has 1 aromatic rings. The molecule has 2 N–H and O–H groups in total. The van der Waals surface area contributed by atoms with E-state index in [9.17, 15) is 4.79 Å². The molecule has 0 radical (unpaired) electrons. The summed E-state index contributed by atoms with van der Waals surface area (Å²) in [5.41, 5.74) is 7.08. The second-order valence-corrected chi connectivity index (χ2v) is 6.99. The lowest BCUT2D eigenvalue weighted by Gasteiger charge is -2.22. The summed E-state index contributed by atoms with van der Waals surface area (Å²) in [7, 11) is 0. The molecule has 0 spiro atoms. The Balaban J connectivity index is 1.76. The first-order valence-electron chi connectivity index (χ1n) is 6.80. The van der Waals surface area contributed by atoms with Gasteiger partial charge in [0.15, 0.2) is 0 Å². The number of nitrogens with zero attached hydrogens (tertiary/aromatic N) is 1. The second kappa shape index (κ2) is 4.89. The minimum atomic E-state index is 0.0929. The Hall–Kier alpha value is -0.910. The highest BCUT2D eigenvalue weighted by Gasteiger charge is 2.35. The van der Waals surface area contributed by atoms with Gasteiger partial charge in [0, 0.05) is 24.4 Å². The number of nitrogens with two attached hydrogens (primary N) is 1. The molecule has 0 bridgehead atoms. The van der Waals surface area contributed by atoms with Crippen LogP contribution in [0.25, 0.3) is 0 Å². The largest absolute Gasteiger partial charge is 0.376 e. The quantitative estimate of drug-likeness (QED) is 0.896. The van der Waals surface area contributed by atoms with Crippen molar-refractivity contribution in [2.45, 2.75) is 26.4 Å². The molecule has 1 saturated heterocycles. The van der Waals surface area contributed by atoms with Crippen molar-refractivity contribution in [3.63, 3.8) is 0 Å². The number of hydrogen-bond acceptors (Lipinski definition) is 4. The fourth-order valence-corrected chi connectivity index (χ4v) is 3.89. The predicted molar refractivity (Wildman–Crippen MR) is 75.4 cm³/mol. The summed E-state index contributed by atoms with van der Waals surface area (Å²) in [6, 6.07) is 2.01. The van der Waals surface area contributed by atoms with Crippen LogP contribution < -0.4 is 5.73 Å². The second-order valence-electron chi connectivity index (χ2n) is 5.85. The molecule has 1 atom stereocenters. The summed E-state index contributed by atoms with van der Waals surface area (Å²) in [4.78, 5) is 16.6. The summed E-state index contributed by atoms with van der Waals surface area (Å²) >= 11 is 1.64. The first kappa shape index (κ1) is 13.1. The lowest BCUT2D eigenvalue weighted by molar-refractivity contribution is 0.0781. The van der Waals surface area contributed by atoms with Crippen molar-refractivity contribution in [3.05, 3.63) is 21.4 Å². The van der Waals surface area contributed by atoms with E-state index >= 15 is 0 Å². The van der Waals surface area contributed by atoms with E-state index in [0.717, 1.165) is 37.4 Å². The highest BCUT2D eigenvalue weighted by Crippen LogP contribution is 2.32. The number of fused-ring (bicyclic) bond motifs is 1. The molecule has 0 aromatic carbocycles. The van der Waals surface area contributed by atoms with Crippen LogP contribution in [0.1, 0.15) is 33.5 Å². The first-order valence-corrected chi connectivity index (χ1v) is 7.62. The molecular weight excluding hydrogens is 260 g/mol. The summed E-state index contributed by atoms with van der Waals surface area (Å²) in [6.45, 7) is 5.84. The summed E-state index contributed by atoms with van der Waals surface area (Å²) < 4.78 is 5.43. The third-order valence-corrected chi connectivity index (χ3v) is 5.40. The van der Waals surface area contributed by atoms with Crippen LogP contribution in [-0.4, -0.2) is 37.0 Å². The molecule has 19 heavy (non-hydrogen) atoms. The van der Waals surface area contributed by atoms with Gasteiger partial charge >= 0.3 is 0 Å². The van der Waals surface area contributed by atoms with E-state index in [1.54, 1.807) is 11.3 Å². The summed E-state index contributed by atoms with van der Waals surface area (Å²) in [6.07, 6.45) is 1.94. The predicted octanol–water partition coefficient (Wildman–Crippen LogP) is 1.63. The Bertz CT molecular complexity index is 476. The molecule has 4 nitrogen and oxygen atoms in total. The zero-order chi connectivity index (χ0) is 13.5. The van der Waals surface area contributed by atoms with Gasteiger partial charge in [-0.1, -0.05) is 6.92 Å². The molecule has 1 unspecified atom stereocenters. The van der Waals surface area contributed by atoms with Crippen LogP contribution in [0.2, 0.25) is 0 Å². The standard InChI is InChI=1S/C14H20N2O2S/c1-14(8-15)3-4-16(9-14)13(17)12-6-10-7-18-5-2-11(10)19-12/h6H,2-5,7-9,15H2,1H3. The van der Waals surface area contributed by atoms with Crippen molar-refractivity contribution < 1.29 is 9.53 Å². The number of ether oxygens (including phenoxy) is 1. The summed E-state index contributed by atoms with van der Waals surface area (Å²) in [5, 5.41) is 0. The van der Waals surface area contributed by atoms with Gasteiger partial charge in [-0.2, -0.15) is 0 Å². The fourth-order valence-electron chi connectivity index (χ4n) is 2.77. The minimum absolute atomic E-state index is 0.0929. The van der Waals surface area contributed by atoms with E-state index in [1.165, 1.54) is 10.4 Å². The number of hydrogen-bond donors (Lipinski definition) is 1. The maximum absolute atomic E-state index is 12.5. The zero-order valence-corrected chi connectivity index (χ0v) is 12.1. The highest BCUT2D eigenvalue weighted by molar-refractivity contribution is 7.14. The van der Waals surface area contributed by atoms with Crippen molar-refractivity contribution in [1.29, 1.82) is 0 Å². The Labute approximate surface area is 117 Å². The normalized spacial score (nSPS) is 26.5. The molecule has 1 fully saturated rings. The molecule has 104 valence electrons. The molecule has 1 amide bonds. The molecule has 5 heteroatoms. The van der Waals surface area contributed by atoms with Gasteiger partial charge in [-0.05, 0) is 30.0 Å². The number of carbonyl (C=O) groups is 1. The lowest BCUT2D eigenvalue weighted by atomic mass is 9.90. The van der Waals surface area contributed by atoms with Gasteiger partial charge in [0.2, 0.25) is 0 Å². The molecule has 0 saturated carbocycles. The van der Waals surface area contributed by atoms with E-state index in [1.807, 2.05) is 11.0 Å². The van der Waals surface area contributed by atoms with Crippen molar-refractivity contribution >= 4 is 17.2 Å². The molecule has 0 aliphatic carbocycles. The molecule has 3 heterocycles. The van der Waals surface area contributed by atoms with Gasteiger partial charge in [0.25, 0.3) is 5.91 Å². The third kappa shape index (κ3) is 2.42. The molecule has 2 aliphatic rings. The number of thiophene rings is 1. The molecule has 1 aromatic heterocycles. The van der Waals surface area contributed by atoms with Gasteiger partial charge in [-0.25, -0.2) is 0 Å². The average molecular weight is 280 g/mol. The number of amides is 1. The maximum atomic E-state index is 12.5. The van der Waals surface area contributed by atoms with Gasteiger partial charge in [-0.15, -0.1) is 11.3 Å². The van der Waals surface area contributed by atoms with Gasteiger partial charge < -0.3 is 15.4 Å². The number of rotatable bonds is 2. The van der Waals surface area contributed by atoms with Crippen LogP contribution in [0.15, 0.2) is 6.07 Å². The van der Waals surface area contributed by atoms with E-state index < -0.39 is 0 Å². The van der Waals surface area contributed by atoms with Crippen molar-refractivity contribution in [2.24, 2.45) is 11.1 Å². The average Bonchev–Trinajstić information content (AvgIpc) is 3.02. The zero-order valence-electron chi connectivity index (χ0n) is 11.3. The molecular formula is C14H20N2O2S. The van der Waals surface area contributed by atoms with Crippen LogP contribution in [0.3, 0.4) is 0 Å². The number of likely N-dealkylation sites (tertiary alicyclic amines) is 1. The van der Waals surface area contributed by atoms with Crippen LogP contribution >= 0.6 is 11.3 Å². The van der Waals surface area contributed by atoms with Gasteiger partial charge in [-0.3, -0.25) is 4.79 Å². The third-order valence-electron chi connectivity index (χ3n) is 4.18. The Morgan fingerprint density at radius 3 is 3.16 bits per heavy atom.